The molecule has 0 aliphatic heterocycles. The number of nitrogens with zero attached hydrogens (tertiary/aromatic N) is 2. The fraction of sp³-hybridized carbons (Fsp3) is 0.294. The average molecular weight is 444 g/mol. The van der Waals surface area contributed by atoms with Crippen LogP contribution in [0.15, 0.2) is 45.5 Å². The lowest BCUT2D eigenvalue weighted by Crippen LogP contribution is -2.09. The van der Waals surface area contributed by atoms with Gasteiger partial charge in [0.1, 0.15) is 16.3 Å². The predicted molar refractivity (Wildman–Crippen MR) is 107 cm³/mol. The summed E-state index contributed by atoms with van der Waals surface area (Å²) in [5.41, 5.74) is 7.74. The van der Waals surface area contributed by atoms with Crippen LogP contribution in [-0.4, -0.2) is 38.3 Å². The van der Waals surface area contributed by atoms with Crippen LogP contribution in [0.1, 0.15) is 17.5 Å². The summed E-state index contributed by atoms with van der Waals surface area (Å²) in [6.07, 6.45) is 0.0596. The molecule has 0 aliphatic carbocycles. The van der Waals surface area contributed by atoms with Crippen molar-refractivity contribution in [2.24, 2.45) is 10.2 Å². The molecule has 0 unspecified atom stereocenters. The molecule has 0 aromatic heterocycles. The number of rotatable bonds is 8. The summed E-state index contributed by atoms with van der Waals surface area (Å²) in [4.78, 5) is -0.365. The third kappa shape index (κ3) is 6.78. The quantitative estimate of drug-likeness (QED) is 0.242. The Bertz CT molecular complexity index is 1140. The third-order valence-electron chi connectivity index (χ3n) is 3.79. The molecule has 2 aromatic rings. The van der Waals surface area contributed by atoms with Gasteiger partial charge in [0.15, 0.2) is 0 Å². The van der Waals surface area contributed by atoms with Gasteiger partial charge in [-0.1, -0.05) is 6.07 Å². The van der Waals surface area contributed by atoms with Crippen molar-refractivity contribution in [3.63, 3.8) is 0 Å². The summed E-state index contributed by atoms with van der Waals surface area (Å²) >= 11 is 0. The Morgan fingerprint density at radius 2 is 1.66 bits per heavy atom. The van der Waals surface area contributed by atoms with Crippen LogP contribution in [0.4, 0.5) is 17.1 Å². The van der Waals surface area contributed by atoms with Gasteiger partial charge in [-0.15, -0.1) is 5.11 Å². The molecule has 158 valence electrons. The van der Waals surface area contributed by atoms with E-state index >= 15 is 0 Å². The Hall–Kier alpha value is -2.54. The summed E-state index contributed by atoms with van der Waals surface area (Å²) < 4.78 is 68.1. The second-order valence-corrected chi connectivity index (χ2v) is 9.27. The number of ether oxygens (including phenoxy) is 1. The van der Waals surface area contributed by atoms with Gasteiger partial charge in [-0.2, -0.15) is 21.9 Å². The monoisotopic (exact) mass is 443 g/mol. The number of anilines is 1. The minimum absolute atomic E-state index is 0.00546. The largest absolute Gasteiger partial charge is 0.491 e. The van der Waals surface area contributed by atoms with Gasteiger partial charge in [0, 0.05) is 6.07 Å². The van der Waals surface area contributed by atoms with Gasteiger partial charge in [0.2, 0.25) is 0 Å². The Balaban J connectivity index is 2.28. The fourth-order valence-electron chi connectivity index (χ4n) is 2.37. The van der Waals surface area contributed by atoms with Gasteiger partial charge in [-0.05, 0) is 49.6 Å². The molecule has 4 N–H and O–H groups in total. The Labute approximate surface area is 168 Å². The van der Waals surface area contributed by atoms with Gasteiger partial charge >= 0.3 is 0 Å². The molecule has 0 amide bonds. The van der Waals surface area contributed by atoms with Crippen molar-refractivity contribution < 1.29 is 30.7 Å². The lowest BCUT2D eigenvalue weighted by Gasteiger charge is -2.11. The van der Waals surface area contributed by atoms with Crippen molar-refractivity contribution >= 4 is 37.3 Å². The molecule has 0 spiro atoms. The molecular formula is C17H21N3O7S2. The van der Waals surface area contributed by atoms with Crippen LogP contribution in [0.3, 0.4) is 0 Å². The second kappa shape index (κ2) is 8.86. The second-order valence-electron chi connectivity index (χ2n) is 6.31. The molecular weight excluding hydrogens is 422 g/mol. The molecule has 2 aromatic carbocycles. The highest BCUT2D eigenvalue weighted by molar-refractivity contribution is 7.86. The fourth-order valence-corrected chi connectivity index (χ4v) is 3.56. The Kier molecular flexibility index (Phi) is 6.95. The normalized spacial score (nSPS) is 12.4. The lowest BCUT2D eigenvalue weighted by atomic mass is 10.1. The molecule has 12 heteroatoms. The topological polar surface area (TPSA) is 169 Å². The van der Waals surface area contributed by atoms with Crippen LogP contribution >= 0.6 is 0 Å². The van der Waals surface area contributed by atoms with Crippen molar-refractivity contribution in [3.05, 3.63) is 41.5 Å². The maximum atomic E-state index is 11.6. The minimum atomic E-state index is -4.48. The van der Waals surface area contributed by atoms with E-state index in [1.807, 2.05) is 0 Å². The molecule has 2 rings (SSSR count). The van der Waals surface area contributed by atoms with Gasteiger partial charge < -0.3 is 10.5 Å². The Morgan fingerprint density at radius 3 is 2.28 bits per heavy atom. The van der Waals surface area contributed by atoms with Crippen LogP contribution in [0.5, 0.6) is 5.75 Å². The smallest absolute Gasteiger partial charge is 0.296 e. The van der Waals surface area contributed by atoms with E-state index in [1.54, 1.807) is 26.0 Å². The zero-order valence-corrected chi connectivity index (χ0v) is 17.4. The summed E-state index contributed by atoms with van der Waals surface area (Å²) in [6.45, 7) is 3.38. The van der Waals surface area contributed by atoms with E-state index in [0.29, 0.717) is 22.5 Å². The third-order valence-corrected chi connectivity index (χ3v) is 5.48. The van der Waals surface area contributed by atoms with E-state index < -0.39 is 26.0 Å². The maximum Gasteiger partial charge on any atom is 0.296 e. The molecule has 10 nitrogen and oxygen atoms in total. The van der Waals surface area contributed by atoms with Gasteiger partial charge in [0.25, 0.3) is 20.2 Å². The number of hydrogen-bond acceptors (Lipinski definition) is 8. The molecule has 0 heterocycles. The summed E-state index contributed by atoms with van der Waals surface area (Å²) in [6, 6.07) is 7.38. The van der Waals surface area contributed by atoms with Crippen molar-refractivity contribution in [1.82, 2.24) is 0 Å². The highest BCUT2D eigenvalue weighted by Crippen LogP contribution is 2.33. The van der Waals surface area contributed by atoms with Crippen molar-refractivity contribution in [3.8, 4) is 5.75 Å². The first-order valence-electron chi connectivity index (χ1n) is 8.35. The van der Waals surface area contributed by atoms with Crippen molar-refractivity contribution in [2.75, 3.05) is 18.1 Å². The Morgan fingerprint density at radius 1 is 1.00 bits per heavy atom. The maximum absolute atomic E-state index is 11.6. The van der Waals surface area contributed by atoms with Crippen LogP contribution in [0, 0.1) is 13.8 Å². The van der Waals surface area contributed by atoms with E-state index in [9.17, 15) is 21.4 Å². The zero-order valence-electron chi connectivity index (χ0n) is 15.7. The average Bonchev–Trinajstić information content (AvgIpc) is 2.58. The molecule has 0 atom stereocenters. The highest BCUT2D eigenvalue weighted by atomic mass is 32.2. The van der Waals surface area contributed by atoms with E-state index in [2.05, 4.69) is 10.2 Å². The van der Waals surface area contributed by atoms with Crippen molar-refractivity contribution in [1.29, 1.82) is 0 Å². The first-order chi connectivity index (χ1) is 13.4. The molecule has 0 saturated carbocycles. The zero-order chi connectivity index (χ0) is 21.8. The van der Waals surface area contributed by atoms with Crippen LogP contribution in [-0.2, 0) is 20.2 Å². The standard InChI is InChI=1S/C17H21N3O7S2/c1-11-4-5-14(17(8-11)29(24,25)26)19-20-15-10-16(13(18)9-12(15)2)27-6-3-7-28(21,22)23/h4-5,8-10H,3,6-7,18H2,1-2H3,(H,21,22,23)(H,24,25,26). The lowest BCUT2D eigenvalue weighted by molar-refractivity contribution is 0.318. The number of nitrogen functional groups attached to an aromatic ring is 1. The first-order valence-corrected chi connectivity index (χ1v) is 11.4. The van der Waals surface area contributed by atoms with Crippen LogP contribution < -0.4 is 10.5 Å². The number of azo groups is 1. The molecule has 0 bridgehead atoms. The number of nitrogens with two attached hydrogens (primary N) is 1. The first kappa shape index (κ1) is 22.7. The van der Waals surface area contributed by atoms with E-state index in [-0.39, 0.29) is 29.4 Å². The number of benzene rings is 2. The molecule has 0 saturated heterocycles. The highest BCUT2D eigenvalue weighted by Gasteiger charge is 2.16. The van der Waals surface area contributed by atoms with Crippen molar-refractivity contribution in [2.45, 2.75) is 25.2 Å². The van der Waals surface area contributed by atoms with E-state index in [4.69, 9.17) is 15.0 Å². The summed E-state index contributed by atoms with van der Waals surface area (Å²) in [5.74, 6) is -0.212. The van der Waals surface area contributed by atoms with Gasteiger partial charge in [-0.3, -0.25) is 9.11 Å². The molecule has 0 radical (unpaired) electrons. The SMILES string of the molecule is Cc1ccc(N=Nc2cc(OCCCS(=O)(=O)O)c(N)cc2C)c(S(=O)(=O)O)c1. The number of aryl methyl sites for hydroxylation is 2. The summed E-state index contributed by atoms with van der Waals surface area (Å²) in [7, 11) is -8.56. The van der Waals surface area contributed by atoms with Crippen LogP contribution in [0.25, 0.3) is 0 Å². The molecule has 29 heavy (non-hydrogen) atoms. The summed E-state index contributed by atoms with van der Waals surface area (Å²) in [5, 5.41) is 7.95. The van der Waals surface area contributed by atoms with E-state index in [1.165, 1.54) is 18.2 Å². The molecule has 0 fully saturated rings. The van der Waals surface area contributed by atoms with E-state index in [0.717, 1.165) is 0 Å². The van der Waals surface area contributed by atoms with Crippen LogP contribution in [0.2, 0.25) is 0 Å². The molecule has 0 aliphatic rings. The minimum Gasteiger partial charge on any atom is -0.491 e. The predicted octanol–water partition coefficient (Wildman–Crippen LogP) is 3.20. The van der Waals surface area contributed by atoms with Gasteiger partial charge in [0.05, 0.1) is 23.7 Å². The number of hydrogen-bond donors (Lipinski definition) is 3. The van der Waals surface area contributed by atoms with Gasteiger partial charge in [-0.25, -0.2) is 0 Å².